The molecule has 0 radical (unpaired) electrons. The molecule has 2 unspecified atom stereocenters. The maximum absolute atomic E-state index is 10.8. The van der Waals surface area contributed by atoms with E-state index in [0.717, 1.165) is 25.9 Å². The first-order chi connectivity index (χ1) is 8.16. The number of hydrogen-bond donors (Lipinski definition) is 1. The molecule has 1 aromatic carbocycles. The lowest BCUT2D eigenvalue weighted by Gasteiger charge is -2.19. The molecule has 92 valence electrons. The van der Waals surface area contributed by atoms with Gasteiger partial charge in [0.15, 0.2) is 0 Å². The van der Waals surface area contributed by atoms with Gasteiger partial charge in [-0.2, -0.15) is 0 Å². The summed E-state index contributed by atoms with van der Waals surface area (Å²) in [6.45, 7) is 3.83. The second kappa shape index (κ2) is 5.21. The SMILES string of the molecule is CC(CC1CCN(c2ccccc2)C1)C(=O)O. The van der Waals surface area contributed by atoms with Crippen LogP contribution in [0.2, 0.25) is 0 Å². The minimum absolute atomic E-state index is 0.226. The van der Waals surface area contributed by atoms with Crippen molar-refractivity contribution in [3.05, 3.63) is 30.3 Å². The molecular formula is C14H19NO2. The molecule has 1 heterocycles. The van der Waals surface area contributed by atoms with Crippen molar-refractivity contribution in [3.8, 4) is 0 Å². The number of benzene rings is 1. The molecule has 0 spiro atoms. The molecule has 2 atom stereocenters. The van der Waals surface area contributed by atoms with E-state index in [-0.39, 0.29) is 5.92 Å². The molecule has 1 aliphatic heterocycles. The van der Waals surface area contributed by atoms with Crippen LogP contribution >= 0.6 is 0 Å². The molecule has 0 aromatic heterocycles. The Hall–Kier alpha value is -1.51. The lowest BCUT2D eigenvalue weighted by atomic mass is 9.95. The van der Waals surface area contributed by atoms with E-state index in [0.29, 0.717) is 5.92 Å². The maximum atomic E-state index is 10.8. The van der Waals surface area contributed by atoms with E-state index in [1.807, 2.05) is 18.2 Å². The minimum Gasteiger partial charge on any atom is -0.481 e. The van der Waals surface area contributed by atoms with Crippen LogP contribution in [-0.4, -0.2) is 24.2 Å². The zero-order valence-electron chi connectivity index (χ0n) is 10.2. The van der Waals surface area contributed by atoms with Crippen LogP contribution in [0.3, 0.4) is 0 Å². The number of para-hydroxylation sites is 1. The zero-order valence-corrected chi connectivity index (χ0v) is 10.2. The van der Waals surface area contributed by atoms with Gasteiger partial charge >= 0.3 is 5.97 Å². The third-order valence-electron chi connectivity index (χ3n) is 3.52. The maximum Gasteiger partial charge on any atom is 0.306 e. The number of carboxylic acid groups (broad SMARTS) is 1. The highest BCUT2D eigenvalue weighted by Crippen LogP contribution is 2.27. The second-order valence-corrected chi connectivity index (χ2v) is 4.91. The highest BCUT2D eigenvalue weighted by molar-refractivity contribution is 5.69. The summed E-state index contributed by atoms with van der Waals surface area (Å²) >= 11 is 0. The van der Waals surface area contributed by atoms with Crippen LogP contribution in [0, 0.1) is 11.8 Å². The van der Waals surface area contributed by atoms with Gasteiger partial charge in [0.2, 0.25) is 0 Å². The fraction of sp³-hybridized carbons (Fsp3) is 0.500. The lowest BCUT2D eigenvalue weighted by molar-refractivity contribution is -0.141. The monoisotopic (exact) mass is 233 g/mol. The fourth-order valence-corrected chi connectivity index (χ4v) is 2.50. The Morgan fingerprint density at radius 1 is 1.47 bits per heavy atom. The quantitative estimate of drug-likeness (QED) is 0.869. The van der Waals surface area contributed by atoms with Crippen molar-refractivity contribution < 1.29 is 9.90 Å². The summed E-state index contributed by atoms with van der Waals surface area (Å²) in [5.41, 5.74) is 1.25. The molecule has 1 saturated heterocycles. The molecule has 17 heavy (non-hydrogen) atoms. The molecule has 0 bridgehead atoms. The number of nitrogens with zero attached hydrogens (tertiary/aromatic N) is 1. The Kier molecular flexibility index (Phi) is 3.67. The van der Waals surface area contributed by atoms with Gasteiger partial charge in [0, 0.05) is 18.8 Å². The Morgan fingerprint density at radius 3 is 2.82 bits per heavy atom. The lowest BCUT2D eigenvalue weighted by Crippen LogP contribution is -2.21. The second-order valence-electron chi connectivity index (χ2n) is 4.91. The van der Waals surface area contributed by atoms with Gasteiger partial charge in [0.1, 0.15) is 0 Å². The van der Waals surface area contributed by atoms with Gasteiger partial charge in [-0.3, -0.25) is 4.79 Å². The van der Waals surface area contributed by atoms with Crippen molar-refractivity contribution in [3.63, 3.8) is 0 Å². The van der Waals surface area contributed by atoms with Crippen LogP contribution in [0.4, 0.5) is 5.69 Å². The van der Waals surface area contributed by atoms with Gasteiger partial charge in [-0.05, 0) is 30.9 Å². The van der Waals surface area contributed by atoms with Gasteiger partial charge in [-0.15, -0.1) is 0 Å². The number of aliphatic carboxylic acids is 1. The van der Waals surface area contributed by atoms with Crippen LogP contribution < -0.4 is 4.90 Å². The summed E-state index contributed by atoms with van der Waals surface area (Å²) in [5, 5.41) is 8.91. The van der Waals surface area contributed by atoms with E-state index in [4.69, 9.17) is 5.11 Å². The predicted molar refractivity (Wildman–Crippen MR) is 68.2 cm³/mol. The minimum atomic E-state index is -0.678. The van der Waals surface area contributed by atoms with Crippen LogP contribution in [-0.2, 0) is 4.79 Å². The number of rotatable bonds is 4. The molecule has 0 aliphatic carbocycles. The van der Waals surface area contributed by atoms with Crippen molar-refractivity contribution in [1.82, 2.24) is 0 Å². The molecule has 1 aromatic rings. The van der Waals surface area contributed by atoms with E-state index in [1.165, 1.54) is 5.69 Å². The Bertz CT molecular complexity index is 377. The molecule has 1 N–H and O–H groups in total. The van der Waals surface area contributed by atoms with Gasteiger partial charge in [-0.25, -0.2) is 0 Å². The largest absolute Gasteiger partial charge is 0.481 e. The Morgan fingerprint density at radius 2 is 2.18 bits per heavy atom. The average molecular weight is 233 g/mol. The number of carboxylic acids is 1. The number of carbonyl (C=O) groups is 1. The molecule has 3 heteroatoms. The van der Waals surface area contributed by atoms with Crippen molar-refractivity contribution >= 4 is 11.7 Å². The highest BCUT2D eigenvalue weighted by Gasteiger charge is 2.26. The number of anilines is 1. The molecule has 0 amide bonds. The van der Waals surface area contributed by atoms with Crippen molar-refractivity contribution in [2.24, 2.45) is 11.8 Å². The smallest absolute Gasteiger partial charge is 0.306 e. The van der Waals surface area contributed by atoms with Crippen molar-refractivity contribution in [2.45, 2.75) is 19.8 Å². The molecule has 0 saturated carbocycles. The summed E-state index contributed by atoms with van der Waals surface area (Å²) < 4.78 is 0. The molecular weight excluding hydrogens is 214 g/mol. The van der Waals surface area contributed by atoms with Crippen LogP contribution in [0.1, 0.15) is 19.8 Å². The first-order valence-electron chi connectivity index (χ1n) is 6.19. The fourth-order valence-electron chi connectivity index (χ4n) is 2.50. The summed E-state index contributed by atoms with van der Waals surface area (Å²) in [7, 11) is 0. The van der Waals surface area contributed by atoms with E-state index in [2.05, 4.69) is 17.0 Å². The van der Waals surface area contributed by atoms with Crippen molar-refractivity contribution in [1.29, 1.82) is 0 Å². The summed E-state index contributed by atoms with van der Waals surface area (Å²) in [6.07, 6.45) is 1.89. The van der Waals surface area contributed by atoms with E-state index < -0.39 is 5.97 Å². The first kappa shape index (κ1) is 12.0. The van der Waals surface area contributed by atoms with Crippen LogP contribution in [0.5, 0.6) is 0 Å². The van der Waals surface area contributed by atoms with E-state index in [1.54, 1.807) is 6.92 Å². The normalized spacial score (nSPS) is 21.5. The summed E-state index contributed by atoms with van der Waals surface area (Å²) in [6, 6.07) is 10.3. The Balaban J connectivity index is 1.90. The molecule has 1 aliphatic rings. The highest BCUT2D eigenvalue weighted by atomic mass is 16.4. The summed E-state index contributed by atoms with van der Waals surface area (Å²) in [5.74, 6) is -0.389. The standard InChI is InChI=1S/C14H19NO2/c1-11(14(16)17)9-12-7-8-15(10-12)13-5-3-2-4-6-13/h2-6,11-12H,7-10H2,1H3,(H,16,17). The predicted octanol–water partition coefficient (Wildman–Crippen LogP) is 2.62. The zero-order chi connectivity index (χ0) is 12.3. The third kappa shape index (κ3) is 2.99. The van der Waals surface area contributed by atoms with Crippen molar-refractivity contribution in [2.75, 3.05) is 18.0 Å². The van der Waals surface area contributed by atoms with Gasteiger partial charge in [0.05, 0.1) is 5.92 Å². The third-order valence-corrected chi connectivity index (χ3v) is 3.52. The summed E-state index contributed by atoms with van der Waals surface area (Å²) in [4.78, 5) is 13.2. The molecule has 2 rings (SSSR count). The van der Waals surface area contributed by atoms with Crippen LogP contribution in [0.25, 0.3) is 0 Å². The first-order valence-corrected chi connectivity index (χ1v) is 6.19. The van der Waals surface area contributed by atoms with Gasteiger partial charge < -0.3 is 10.0 Å². The van der Waals surface area contributed by atoms with E-state index in [9.17, 15) is 4.79 Å². The van der Waals surface area contributed by atoms with Gasteiger partial charge in [-0.1, -0.05) is 25.1 Å². The van der Waals surface area contributed by atoms with Gasteiger partial charge in [0.25, 0.3) is 0 Å². The topological polar surface area (TPSA) is 40.5 Å². The average Bonchev–Trinajstić information content (AvgIpc) is 2.78. The Labute approximate surface area is 102 Å². The van der Waals surface area contributed by atoms with E-state index >= 15 is 0 Å². The number of hydrogen-bond acceptors (Lipinski definition) is 2. The molecule has 1 fully saturated rings. The molecule has 3 nitrogen and oxygen atoms in total. The van der Waals surface area contributed by atoms with Crippen LogP contribution in [0.15, 0.2) is 30.3 Å².